The highest BCUT2D eigenvalue weighted by Crippen LogP contribution is 2.66. The van der Waals surface area contributed by atoms with E-state index in [9.17, 15) is 38.6 Å². The first-order valence-electron chi connectivity index (χ1n) is 11.7. The fraction of sp³-hybridized carbons (Fsp3) is 0.706. The van der Waals surface area contributed by atoms with E-state index in [0.717, 1.165) is 25.7 Å². The molecule has 1 fully saturated rings. The Hall–Kier alpha value is -1.40. The highest BCUT2D eigenvalue weighted by atomic mass is 31.3. The molecule has 0 saturated carbocycles. The predicted molar refractivity (Wildman–Crippen MR) is 134 cm³/mol. The number of aliphatic hydroxyl groups excluding tert-OH is 2. The second kappa shape index (κ2) is 13.5. The Labute approximate surface area is 222 Å². The molecule has 0 spiro atoms. The number of ether oxygens (including phenoxy) is 1. The van der Waals surface area contributed by atoms with E-state index < -0.39 is 54.5 Å². The van der Waals surface area contributed by atoms with E-state index in [-0.39, 0.29) is 23.5 Å². The Bertz CT molecular complexity index is 1250. The molecule has 39 heavy (non-hydrogen) atoms. The van der Waals surface area contributed by atoms with E-state index in [0.29, 0.717) is 12.8 Å². The number of nitrogens with one attached hydrogen (secondary N) is 2. The Morgan fingerprint density at radius 3 is 2.38 bits per heavy atom. The molecule has 3 rings (SSSR count). The second-order valence-electron chi connectivity index (χ2n) is 8.47. The molecule has 0 radical (unpaired) electrons. The largest absolute Gasteiger partial charge is 0.489 e. The van der Waals surface area contributed by atoms with Crippen molar-refractivity contribution in [3.8, 4) is 0 Å². The van der Waals surface area contributed by atoms with Crippen molar-refractivity contribution in [3.05, 3.63) is 12.7 Å². The van der Waals surface area contributed by atoms with Crippen LogP contribution in [0.4, 0.5) is 5.82 Å². The van der Waals surface area contributed by atoms with Gasteiger partial charge in [0.2, 0.25) is 0 Å². The lowest BCUT2D eigenvalue weighted by molar-refractivity contribution is -0.0503. The SMILES string of the molecule is CNCCCCCCNP(=O)(O)OP(=O)(O)OP(=O)(O)OC[C@H]1O[C@@H](n2cnc3c(N)ncnc32)C(O)C1O. The van der Waals surface area contributed by atoms with Gasteiger partial charge < -0.3 is 40.7 Å². The normalized spacial score (nSPS) is 26.3. The second-order valence-corrected chi connectivity index (χ2v) is 13.3. The van der Waals surface area contributed by atoms with E-state index >= 15 is 0 Å². The van der Waals surface area contributed by atoms with Gasteiger partial charge in [-0.3, -0.25) is 9.09 Å². The molecule has 7 atom stereocenters. The van der Waals surface area contributed by atoms with Crippen LogP contribution in [0.15, 0.2) is 12.7 Å². The van der Waals surface area contributed by atoms with E-state index in [1.54, 1.807) is 0 Å². The number of hydrogen-bond donors (Lipinski definition) is 8. The van der Waals surface area contributed by atoms with Gasteiger partial charge in [0.1, 0.15) is 30.2 Å². The molecule has 222 valence electrons. The number of unbranched alkanes of at least 4 members (excludes halogenated alkanes) is 3. The summed E-state index contributed by atoms with van der Waals surface area (Å²) in [5.74, 6) is 0.0588. The molecular formula is C17H32N7O12P3. The first-order valence-corrected chi connectivity index (χ1v) is 16.2. The summed E-state index contributed by atoms with van der Waals surface area (Å²) in [6, 6.07) is 0. The maximum atomic E-state index is 12.2. The molecule has 1 saturated heterocycles. The lowest BCUT2D eigenvalue weighted by Gasteiger charge is -2.20. The molecule has 0 aromatic carbocycles. The van der Waals surface area contributed by atoms with Crippen molar-refractivity contribution in [2.75, 3.05) is 32.5 Å². The molecule has 1 aliphatic rings. The summed E-state index contributed by atoms with van der Waals surface area (Å²) in [5, 5.41) is 25.8. The molecule has 0 amide bonds. The first kappa shape index (κ1) is 32.1. The Balaban J connectivity index is 1.51. The molecule has 19 nitrogen and oxygen atoms in total. The smallest absolute Gasteiger partial charge is 0.387 e. The Morgan fingerprint density at radius 2 is 1.69 bits per heavy atom. The van der Waals surface area contributed by atoms with Crippen LogP contribution in [-0.4, -0.2) is 89.5 Å². The third kappa shape index (κ3) is 9.05. The monoisotopic (exact) mass is 619 g/mol. The first-order chi connectivity index (χ1) is 18.3. The summed E-state index contributed by atoms with van der Waals surface area (Å²) < 4.78 is 56.0. The van der Waals surface area contributed by atoms with Crippen LogP contribution in [0.5, 0.6) is 0 Å². The van der Waals surface area contributed by atoms with Crippen molar-refractivity contribution in [3.63, 3.8) is 0 Å². The lowest BCUT2D eigenvalue weighted by Crippen LogP contribution is -2.33. The van der Waals surface area contributed by atoms with Crippen molar-refractivity contribution in [2.45, 2.75) is 50.2 Å². The van der Waals surface area contributed by atoms with Gasteiger partial charge in [-0.05, 0) is 26.4 Å². The molecule has 22 heteroatoms. The third-order valence-electron chi connectivity index (χ3n) is 5.49. The number of phosphoric ester groups is 1. The average Bonchev–Trinajstić information content (AvgIpc) is 3.37. The van der Waals surface area contributed by atoms with Crippen molar-refractivity contribution >= 4 is 40.4 Å². The summed E-state index contributed by atoms with van der Waals surface area (Å²) >= 11 is 0. The van der Waals surface area contributed by atoms with E-state index in [1.807, 2.05) is 7.05 Å². The van der Waals surface area contributed by atoms with Crippen LogP contribution < -0.4 is 16.1 Å². The van der Waals surface area contributed by atoms with Gasteiger partial charge in [-0.1, -0.05) is 12.8 Å². The summed E-state index contributed by atoms with van der Waals surface area (Å²) in [4.78, 5) is 41.1. The van der Waals surface area contributed by atoms with E-state index in [4.69, 9.17) is 10.5 Å². The van der Waals surface area contributed by atoms with Gasteiger partial charge >= 0.3 is 23.4 Å². The summed E-state index contributed by atoms with van der Waals surface area (Å²) in [7, 11) is -14.1. The van der Waals surface area contributed by atoms with Gasteiger partial charge in [-0.15, -0.1) is 0 Å². The number of aromatic nitrogens is 4. The Kier molecular flexibility index (Phi) is 11.1. The zero-order valence-corrected chi connectivity index (χ0v) is 23.4. The minimum absolute atomic E-state index is 0.0359. The maximum absolute atomic E-state index is 12.2. The highest BCUT2D eigenvalue weighted by Gasteiger charge is 2.47. The standard InChI is InChI=1S/C17H32N7O12P3/c1-19-6-4-2-3-5-7-23-37(27,28)35-39(31,32)36-38(29,30)33-8-11-13(25)14(26)17(34-11)24-10-22-12-15(18)20-9-21-16(12)24/h9-11,13-14,17,19,25-26H,2-8H2,1H3,(H,29,30)(H,31,32)(H2,18,20,21)(H2,23,27,28)/t11-,13?,14?,17-/m1/s1. The molecule has 3 heterocycles. The predicted octanol–water partition coefficient (Wildman–Crippen LogP) is -0.252. The van der Waals surface area contributed by atoms with Crippen LogP contribution >= 0.6 is 23.4 Å². The van der Waals surface area contributed by atoms with Crippen LogP contribution in [0.25, 0.3) is 11.2 Å². The highest BCUT2D eigenvalue weighted by molar-refractivity contribution is 7.67. The number of imidazole rings is 1. The number of aliphatic hydroxyl groups is 2. The number of hydrogen-bond acceptors (Lipinski definition) is 14. The number of anilines is 1. The molecule has 1 aliphatic heterocycles. The van der Waals surface area contributed by atoms with Gasteiger partial charge in [0.05, 0.1) is 12.9 Å². The minimum atomic E-state index is -5.59. The van der Waals surface area contributed by atoms with Crippen LogP contribution in [0.1, 0.15) is 31.9 Å². The summed E-state index contributed by atoms with van der Waals surface area (Å²) in [6.07, 6.45) is -0.616. The number of nitrogens with two attached hydrogens (primary N) is 1. The summed E-state index contributed by atoms with van der Waals surface area (Å²) in [5.41, 5.74) is 6.10. The van der Waals surface area contributed by atoms with Crippen molar-refractivity contribution in [1.29, 1.82) is 0 Å². The number of nitrogen functional groups attached to an aromatic ring is 1. The van der Waals surface area contributed by atoms with Crippen molar-refractivity contribution in [2.24, 2.45) is 0 Å². The third-order valence-corrected chi connectivity index (χ3v) is 9.95. The molecular weight excluding hydrogens is 587 g/mol. The number of nitrogens with zero attached hydrogens (tertiary/aromatic N) is 4. The topological polar surface area (TPSA) is 283 Å². The number of fused-ring (bicyclic) bond motifs is 1. The molecule has 0 aliphatic carbocycles. The van der Waals surface area contributed by atoms with E-state index in [2.05, 4.69) is 38.5 Å². The van der Waals surface area contributed by atoms with Gasteiger partial charge in [0.25, 0.3) is 0 Å². The van der Waals surface area contributed by atoms with Crippen LogP contribution in [0.2, 0.25) is 0 Å². The van der Waals surface area contributed by atoms with Gasteiger partial charge in [-0.25, -0.2) is 33.7 Å². The molecule has 9 N–H and O–H groups in total. The molecule has 0 bridgehead atoms. The fourth-order valence-electron chi connectivity index (χ4n) is 3.66. The van der Waals surface area contributed by atoms with Crippen LogP contribution in [0.3, 0.4) is 0 Å². The van der Waals surface area contributed by atoms with Gasteiger partial charge in [0.15, 0.2) is 17.7 Å². The van der Waals surface area contributed by atoms with Crippen molar-refractivity contribution in [1.82, 2.24) is 29.9 Å². The zero-order valence-electron chi connectivity index (χ0n) is 20.7. The number of phosphoric acid groups is 2. The van der Waals surface area contributed by atoms with Crippen molar-refractivity contribution < 1.29 is 56.5 Å². The van der Waals surface area contributed by atoms with Gasteiger partial charge in [0, 0.05) is 6.54 Å². The van der Waals surface area contributed by atoms with Crippen LogP contribution in [0, 0.1) is 0 Å². The van der Waals surface area contributed by atoms with Crippen LogP contribution in [-0.2, 0) is 31.6 Å². The molecule has 2 aromatic heterocycles. The Morgan fingerprint density at radius 1 is 1.00 bits per heavy atom. The minimum Gasteiger partial charge on any atom is -0.387 e. The van der Waals surface area contributed by atoms with E-state index in [1.165, 1.54) is 10.9 Å². The number of rotatable bonds is 16. The zero-order chi connectivity index (χ0) is 28.8. The maximum Gasteiger partial charge on any atom is 0.489 e. The summed E-state index contributed by atoms with van der Waals surface area (Å²) in [6.45, 7) is -0.121. The fourth-order valence-corrected chi connectivity index (χ4v) is 7.40. The van der Waals surface area contributed by atoms with Gasteiger partial charge in [-0.2, -0.15) is 8.62 Å². The quantitative estimate of drug-likeness (QED) is 0.0887. The molecule has 2 aromatic rings. The average molecular weight is 619 g/mol. The lowest BCUT2D eigenvalue weighted by atomic mass is 10.1. The molecule has 5 unspecified atom stereocenters.